The minimum atomic E-state index is -0.892. The molecule has 2 atom stereocenters. The second-order valence-electron chi connectivity index (χ2n) is 5.88. The number of hydrogen-bond donors (Lipinski definition) is 2. The van der Waals surface area contributed by atoms with Gasteiger partial charge in [0, 0.05) is 34.6 Å². The number of likely N-dealkylation sites (tertiary alicyclic amines) is 1. The molecule has 0 amide bonds. The van der Waals surface area contributed by atoms with Crippen LogP contribution in [0.25, 0.3) is 0 Å². The number of aliphatic carboxylic acids is 1. The van der Waals surface area contributed by atoms with Crippen molar-refractivity contribution in [2.45, 2.75) is 24.8 Å². The molecule has 0 bridgehead atoms. The molecule has 1 aliphatic rings. The molecule has 0 spiro atoms. The number of rotatable bonds is 4. The lowest BCUT2D eigenvalue weighted by Crippen LogP contribution is -2.39. The van der Waals surface area contributed by atoms with Gasteiger partial charge in [-0.3, -0.25) is 14.5 Å². The lowest BCUT2D eigenvalue weighted by atomic mass is 9.85. The summed E-state index contributed by atoms with van der Waals surface area (Å²) >= 11 is 12.3. The number of carboxylic acid groups (broad SMARTS) is 1. The van der Waals surface area contributed by atoms with Crippen molar-refractivity contribution in [2.75, 3.05) is 13.1 Å². The molecular formula is C16H16Cl2N2O4. The highest BCUT2D eigenvalue weighted by Gasteiger charge is 2.34. The van der Waals surface area contributed by atoms with E-state index in [1.807, 2.05) is 11.0 Å². The average molecular weight is 371 g/mol. The van der Waals surface area contributed by atoms with Gasteiger partial charge in [0.1, 0.15) is 5.76 Å². The maximum Gasteiger partial charge on any atom is 0.317 e. The summed E-state index contributed by atoms with van der Waals surface area (Å²) < 4.78 is 5.23. The molecule has 128 valence electrons. The molecule has 2 heterocycles. The van der Waals surface area contributed by atoms with Crippen LogP contribution in [0.5, 0.6) is 0 Å². The predicted octanol–water partition coefficient (Wildman–Crippen LogP) is 3.28. The molecule has 1 aromatic carbocycles. The Balaban J connectivity index is 1.91. The Labute approximate surface area is 147 Å². The maximum atomic E-state index is 11.3. The van der Waals surface area contributed by atoms with Crippen LogP contribution in [0.2, 0.25) is 10.0 Å². The Kier molecular flexibility index (Phi) is 4.99. The fourth-order valence-corrected chi connectivity index (χ4v) is 3.76. The Bertz CT molecular complexity index is 801. The van der Waals surface area contributed by atoms with Gasteiger partial charge in [0.25, 0.3) is 5.56 Å². The Morgan fingerprint density at radius 1 is 1.38 bits per heavy atom. The van der Waals surface area contributed by atoms with Gasteiger partial charge in [-0.2, -0.15) is 5.16 Å². The fourth-order valence-electron chi connectivity index (χ4n) is 3.23. The molecule has 0 saturated carbocycles. The van der Waals surface area contributed by atoms with E-state index >= 15 is 0 Å². The first-order chi connectivity index (χ1) is 11.4. The third kappa shape index (κ3) is 3.66. The molecule has 3 rings (SSSR count). The largest absolute Gasteiger partial charge is 0.480 e. The van der Waals surface area contributed by atoms with E-state index in [4.69, 9.17) is 32.8 Å². The van der Waals surface area contributed by atoms with Crippen LogP contribution in [0, 0.1) is 0 Å². The van der Waals surface area contributed by atoms with E-state index in [-0.39, 0.29) is 24.1 Å². The van der Waals surface area contributed by atoms with Gasteiger partial charge in [-0.25, -0.2) is 0 Å². The van der Waals surface area contributed by atoms with Crippen LogP contribution in [0.1, 0.15) is 36.1 Å². The van der Waals surface area contributed by atoms with E-state index in [2.05, 4.69) is 5.16 Å². The quantitative estimate of drug-likeness (QED) is 0.862. The van der Waals surface area contributed by atoms with E-state index < -0.39 is 5.97 Å². The van der Waals surface area contributed by atoms with Crippen molar-refractivity contribution >= 4 is 29.2 Å². The molecular weight excluding hydrogens is 355 g/mol. The van der Waals surface area contributed by atoms with Gasteiger partial charge in [-0.1, -0.05) is 29.3 Å². The summed E-state index contributed by atoms with van der Waals surface area (Å²) in [4.78, 5) is 24.4. The number of nitrogens with zero attached hydrogens (tertiary/aromatic N) is 1. The first kappa shape index (κ1) is 17.1. The molecule has 1 aromatic heterocycles. The molecule has 1 fully saturated rings. The third-order valence-electron chi connectivity index (χ3n) is 4.32. The Morgan fingerprint density at radius 2 is 2.17 bits per heavy atom. The summed E-state index contributed by atoms with van der Waals surface area (Å²) in [5, 5.41) is 12.5. The number of aromatic nitrogens is 1. The molecule has 24 heavy (non-hydrogen) atoms. The molecule has 0 radical (unpaired) electrons. The van der Waals surface area contributed by atoms with Crippen LogP contribution in [0.3, 0.4) is 0 Å². The number of benzene rings is 1. The van der Waals surface area contributed by atoms with Crippen LogP contribution in [0.15, 0.2) is 33.6 Å². The summed E-state index contributed by atoms with van der Waals surface area (Å²) in [5.41, 5.74) is 0.545. The van der Waals surface area contributed by atoms with Crippen LogP contribution < -0.4 is 5.56 Å². The second-order valence-corrected chi connectivity index (χ2v) is 6.73. The molecule has 1 saturated heterocycles. The molecule has 6 nitrogen and oxygen atoms in total. The lowest BCUT2D eigenvalue weighted by Gasteiger charge is -2.38. The first-order valence-electron chi connectivity index (χ1n) is 7.53. The van der Waals surface area contributed by atoms with E-state index in [1.54, 1.807) is 12.1 Å². The molecule has 2 unspecified atom stereocenters. The summed E-state index contributed by atoms with van der Waals surface area (Å²) in [5.74, 6) is -0.285. The standard InChI is InChI=1S/C16H16Cl2N2O4/c17-10-1-2-11(12(18)6-10)13-5-9(14-7-15(21)19-24-14)3-4-20(13)8-16(22)23/h1-2,6-7,9,13H,3-5,8H2,(H,19,21)(H,22,23). The highest BCUT2D eigenvalue weighted by molar-refractivity contribution is 6.35. The van der Waals surface area contributed by atoms with Crippen molar-refractivity contribution < 1.29 is 14.4 Å². The van der Waals surface area contributed by atoms with Crippen LogP contribution in [-0.4, -0.2) is 34.2 Å². The van der Waals surface area contributed by atoms with Gasteiger partial charge in [0.15, 0.2) is 0 Å². The number of hydrogen-bond acceptors (Lipinski definition) is 4. The highest BCUT2D eigenvalue weighted by atomic mass is 35.5. The summed E-state index contributed by atoms with van der Waals surface area (Å²) in [6.45, 7) is 0.489. The van der Waals surface area contributed by atoms with E-state index in [0.29, 0.717) is 35.2 Å². The zero-order valence-electron chi connectivity index (χ0n) is 12.7. The molecule has 2 aromatic rings. The molecule has 1 aliphatic heterocycles. The monoisotopic (exact) mass is 370 g/mol. The number of aromatic amines is 1. The Morgan fingerprint density at radius 3 is 2.79 bits per heavy atom. The fraction of sp³-hybridized carbons (Fsp3) is 0.375. The predicted molar refractivity (Wildman–Crippen MR) is 89.7 cm³/mol. The normalized spacial score (nSPS) is 21.8. The van der Waals surface area contributed by atoms with Crippen molar-refractivity contribution in [2.24, 2.45) is 0 Å². The minimum Gasteiger partial charge on any atom is -0.480 e. The van der Waals surface area contributed by atoms with Crippen LogP contribution >= 0.6 is 23.2 Å². The number of H-pyrrole nitrogens is 1. The smallest absolute Gasteiger partial charge is 0.317 e. The van der Waals surface area contributed by atoms with Gasteiger partial charge < -0.3 is 9.63 Å². The van der Waals surface area contributed by atoms with E-state index in [0.717, 1.165) is 5.56 Å². The van der Waals surface area contributed by atoms with Crippen molar-refractivity contribution in [3.8, 4) is 0 Å². The molecule has 0 aliphatic carbocycles. The zero-order chi connectivity index (χ0) is 17.3. The van der Waals surface area contributed by atoms with Gasteiger partial charge in [-0.05, 0) is 30.5 Å². The van der Waals surface area contributed by atoms with Gasteiger partial charge in [0.05, 0.1) is 6.54 Å². The lowest BCUT2D eigenvalue weighted by molar-refractivity contribution is -0.139. The van der Waals surface area contributed by atoms with Crippen LogP contribution in [-0.2, 0) is 4.79 Å². The summed E-state index contributed by atoms with van der Waals surface area (Å²) in [6.07, 6.45) is 1.31. The van der Waals surface area contributed by atoms with Crippen molar-refractivity contribution in [1.82, 2.24) is 10.1 Å². The number of halogens is 2. The van der Waals surface area contributed by atoms with Crippen molar-refractivity contribution in [3.05, 3.63) is 56.0 Å². The number of carboxylic acids is 1. The van der Waals surface area contributed by atoms with Crippen molar-refractivity contribution in [1.29, 1.82) is 0 Å². The SMILES string of the molecule is O=C(O)CN1CCC(c2cc(=O)[nH]o2)CC1c1ccc(Cl)cc1Cl. The average Bonchev–Trinajstić information content (AvgIpc) is 2.94. The second kappa shape index (κ2) is 7.01. The number of piperidine rings is 1. The number of nitrogens with one attached hydrogen (secondary N) is 1. The highest BCUT2D eigenvalue weighted by Crippen LogP contribution is 2.41. The van der Waals surface area contributed by atoms with E-state index in [9.17, 15) is 9.59 Å². The Hall–Kier alpha value is -1.76. The minimum absolute atomic E-state index is 0.0192. The van der Waals surface area contributed by atoms with Crippen LogP contribution in [0.4, 0.5) is 0 Å². The van der Waals surface area contributed by atoms with Gasteiger partial charge in [-0.15, -0.1) is 0 Å². The van der Waals surface area contributed by atoms with E-state index in [1.165, 1.54) is 6.07 Å². The van der Waals surface area contributed by atoms with Crippen molar-refractivity contribution in [3.63, 3.8) is 0 Å². The topological polar surface area (TPSA) is 86.5 Å². The maximum absolute atomic E-state index is 11.3. The zero-order valence-corrected chi connectivity index (χ0v) is 14.2. The van der Waals surface area contributed by atoms with Gasteiger partial charge in [0.2, 0.25) is 0 Å². The first-order valence-corrected chi connectivity index (χ1v) is 8.29. The number of carbonyl (C=O) groups is 1. The molecule has 2 N–H and O–H groups in total. The summed E-state index contributed by atoms with van der Waals surface area (Å²) in [7, 11) is 0. The van der Waals surface area contributed by atoms with Gasteiger partial charge >= 0.3 is 5.97 Å². The third-order valence-corrected chi connectivity index (χ3v) is 4.88. The summed E-state index contributed by atoms with van der Waals surface area (Å²) in [6, 6.07) is 6.46. The molecule has 8 heteroatoms.